The summed E-state index contributed by atoms with van der Waals surface area (Å²) >= 11 is 0. The fourth-order valence-electron chi connectivity index (χ4n) is 1.30. The van der Waals surface area contributed by atoms with Gasteiger partial charge in [0.1, 0.15) is 5.75 Å². The Bertz CT molecular complexity index is 366. The molecule has 2 N–H and O–H groups in total. The number of benzene rings is 1. The van der Waals surface area contributed by atoms with Gasteiger partial charge in [-0.2, -0.15) is 0 Å². The molecule has 0 heterocycles. The van der Waals surface area contributed by atoms with E-state index in [1.165, 1.54) is 18.2 Å². The number of nitro benzene ring substituents is 1. The number of rotatable bonds is 6. The summed E-state index contributed by atoms with van der Waals surface area (Å²) in [4.78, 5) is 10.1. The molecule has 0 aliphatic heterocycles. The predicted octanol–water partition coefficient (Wildman–Crippen LogP) is 2.75. The standard InChI is InChI=1S/C11H16N2O3/c1-2-3-4-7-16-11-8-9(13(14)15)5-6-10(11)12/h5-6,8H,2-4,7,12H2,1H3. The molecular formula is C11H16N2O3. The average molecular weight is 224 g/mol. The third kappa shape index (κ3) is 3.42. The van der Waals surface area contributed by atoms with E-state index in [2.05, 4.69) is 6.92 Å². The summed E-state index contributed by atoms with van der Waals surface area (Å²) in [5.41, 5.74) is 6.09. The van der Waals surface area contributed by atoms with E-state index in [0.29, 0.717) is 18.0 Å². The summed E-state index contributed by atoms with van der Waals surface area (Å²) in [6, 6.07) is 4.23. The number of nitrogens with two attached hydrogens (primary N) is 1. The van der Waals surface area contributed by atoms with E-state index in [1.54, 1.807) is 0 Å². The largest absolute Gasteiger partial charge is 0.491 e. The minimum atomic E-state index is -0.460. The predicted molar refractivity (Wildman–Crippen MR) is 62.5 cm³/mol. The Kier molecular flexibility index (Phi) is 4.57. The first-order valence-electron chi connectivity index (χ1n) is 5.32. The summed E-state index contributed by atoms with van der Waals surface area (Å²) in [7, 11) is 0. The molecule has 5 heteroatoms. The van der Waals surface area contributed by atoms with Crippen LogP contribution in [0.1, 0.15) is 26.2 Å². The Balaban J connectivity index is 2.63. The van der Waals surface area contributed by atoms with Crippen molar-refractivity contribution in [1.82, 2.24) is 0 Å². The van der Waals surface area contributed by atoms with Crippen LogP contribution < -0.4 is 10.5 Å². The first-order valence-corrected chi connectivity index (χ1v) is 5.32. The molecule has 88 valence electrons. The number of ether oxygens (including phenoxy) is 1. The van der Waals surface area contributed by atoms with E-state index in [4.69, 9.17) is 10.5 Å². The van der Waals surface area contributed by atoms with Gasteiger partial charge >= 0.3 is 0 Å². The van der Waals surface area contributed by atoms with Crippen molar-refractivity contribution in [1.29, 1.82) is 0 Å². The highest BCUT2D eigenvalue weighted by Gasteiger charge is 2.09. The molecule has 16 heavy (non-hydrogen) atoms. The third-order valence-corrected chi connectivity index (χ3v) is 2.21. The number of hydrogen-bond donors (Lipinski definition) is 1. The molecule has 0 fully saturated rings. The lowest BCUT2D eigenvalue weighted by molar-refractivity contribution is -0.384. The smallest absolute Gasteiger partial charge is 0.273 e. The van der Waals surface area contributed by atoms with Crippen LogP contribution in [0.5, 0.6) is 5.75 Å². The van der Waals surface area contributed by atoms with Crippen LogP contribution in [0, 0.1) is 10.1 Å². The summed E-state index contributed by atoms with van der Waals surface area (Å²) in [6.07, 6.45) is 3.11. The number of nitrogen functional groups attached to an aromatic ring is 1. The van der Waals surface area contributed by atoms with Crippen molar-refractivity contribution in [3.05, 3.63) is 28.3 Å². The van der Waals surface area contributed by atoms with Gasteiger partial charge in [0.05, 0.1) is 23.3 Å². The van der Waals surface area contributed by atoms with Gasteiger partial charge in [0, 0.05) is 6.07 Å². The molecular weight excluding hydrogens is 208 g/mol. The van der Waals surface area contributed by atoms with Crippen LogP contribution in [0.15, 0.2) is 18.2 Å². The van der Waals surface area contributed by atoms with Crippen molar-refractivity contribution in [2.45, 2.75) is 26.2 Å². The number of nitrogens with zero attached hydrogens (tertiary/aromatic N) is 1. The van der Waals surface area contributed by atoms with Crippen LogP contribution >= 0.6 is 0 Å². The van der Waals surface area contributed by atoms with Gasteiger partial charge < -0.3 is 10.5 Å². The highest BCUT2D eigenvalue weighted by Crippen LogP contribution is 2.26. The molecule has 0 atom stereocenters. The zero-order valence-corrected chi connectivity index (χ0v) is 9.31. The molecule has 0 saturated heterocycles. The van der Waals surface area contributed by atoms with Crippen LogP contribution in [0.4, 0.5) is 11.4 Å². The maximum absolute atomic E-state index is 10.5. The Hall–Kier alpha value is -1.78. The molecule has 0 aromatic heterocycles. The normalized spacial score (nSPS) is 10.1. The first kappa shape index (κ1) is 12.3. The lowest BCUT2D eigenvalue weighted by atomic mass is 10.2. The Morgan fingerprint density at radius 3 is 2.81 bits per heavy atom. The second kappa shape index (κ2) is 5.95. The number of nitro groups is 1. The summed E-state index contributed by atoms with van der Waals surface area (Å²) in [6.45, 7) is 2.64. The fraction of sp³-hybridized carbons (Fsp3) is 0.455. The second-order valence-corrected chi connectivity index (χ2v) is 3.53. The van der Waals surface area contributed by atoms with Gasteiger partial charge in [0.15, 0.2) is 0 Å². The van der Waals surface area contributed by atoms with Gasteiger partial charge in [-0.15, -0.1) is 0 Å². The Labute approximate surface area is 94.4 Å². The molecule has 1 aromatic rings. The molecule has 1 aromatic carbocycles. The van der Waals surface area contributed by atoms with Gasteiger partial charge in [-0.25, -0.2) is 0 Å². The summed E-state index contributed by atoms with van der Waals surface area (Å²) < 4.78 is 5.40. The quantitative estimate of drug-likeness (QED) is 0.349. The topological polar surface area (TPSA) is 78.4 Å². The van der Waals surface area contributed by atoms with E-state index in [1.807, 2.05) is 0 Å². The molecule has 0 aliphatic carbocycles. The van der Waals surface area contributed by atoms with Gasteiger partial charge in [-0.05, 0) is 12.5 Å². The van der Waals surface area contributed by atoms with Crippen LogP contribution in [0.25, 0.3) is 0 Å². The van der Waals surface area contributed by atoms with Crippen molar-refractivity contribution in [3.63, 3.8) is 0 Å². The number of hydrogen-bond acceptors (Lipinski definition) is 4. The van der Waals surface area contributed by atoms with Crippen molar-refractivity contribution in [2.24, 2.45) is 0 Å². The molecule has 5 nitrogen and oxygen atoms in total. The van der Waals surface area contributed by atoms with Crippen molar-refractivity contribution in [3.8, 4) is 5.75 Å². The van der Waals surface area contributed by atoms with Crippen LogP contribution in [0.3, 0.4) is 0 Å². The minimum Gasteiger partial charge on any atom is -0.491 e. The fourth-order valence-corrected chi connectivity index (χ4v) is 1.30. The summed E-state index contributed by atoms with van der Waals surface area (Å²) in [5, 5.41) is 10.5. The number of unbranched alkanes of at least 4 members (excludes halogenated alkanes) is 2. The van der Waals surface area contributed by atoms with E-state index >= 15 is 0 Å². The van der Waals surface area contributed by atoms with Gasteiger partial charge in [0.25, 0.3) is 5.69 Å². The highest BCUT2D eigenvalue weighted by atomic mass is 16.6. The SMILES string of the molecule is CCCCCOc1cc([N+](=O)[O-])ccc1N. The minimum absolute atomic E-state index is 0.000286. The van der Waals surface area contributed by atoms with Crippen LogP contribution in [-0.2, 0) is 0 Å². The molecule has 1 rings (SSSR count). The molecule has 0 saturated carbocycles. The molecule has 0 bridgehead atoms. The van der Waals surface area contributed by atoms with Gasteiger partial charge in [0.2, 0.25) is 0 Å². The summed E-state index contributed by atoms with van der Waals surface area (Å²) in [5.74, 6) is 0.394. The molecule has 0 radical (unpaired) electrons. The van der Waals surface area contributed by atoms with Gasteiger partial charge in [-0.1, -0.05) is 19.8 Å². The van der Waals surface area contributed by atoms with Gasteiger partial charge in [-0.3, -0.25) is 10.1 Å². The van der Waals surface area contributed by atoms with Crippen LogP contribution in [0.2, 0.25) is 0 Å². The van der Waals surface area contributed by atoms with E-state index in [9.17, 15) is 10.1 Å². The maximum atomic E-state index is 10.5. The van der Waals surface area contributed by atoms with E-state index in [-0.39, 0.29) is 5.69 Å². The lowest BCUT2D eigenvalue weighted by Crippen LogP contribution is -2.01. The van der Waals surface area contributed by atoms with Crippen molar-refractivity contribution in [2.75, 3.05) is 12.3 Å². The second-order valence-electron chi connectivity index (χ2n) is 3.53. The Morgan fingerprint density at radius 1 is 1.44 bits per heavy atom. The average Bonchev–Trinajstić information content (AvgIpc) is 2.26. The zero-order valence-electron chi connectivity index (χ0n) is 9.31. The third-order valence-electron chi connectivity index (χ3n) is 2.21. The van der Waals surface area contributed by atoms with Crippen LogP contribution in [-0.4, -0.2) is 11.5 Å². The monoisotopic (exact) mass is 224 g/mol. The zero-order chi connectivity index (χ0) is 12.0. The lowest BCUT2D eigenvalue weighted by Gasteiger charge is -2.07. The first-order chi connectivity index (χ1) is 7.65. The maximum Gasteiger partial charge on any atom is 0.273 e. The highest BCUT2D eigenvalue weighted by molar-refractivity contribution is 5.57. The molecule has 0 amide bonds. The van der Waals surface area contributed by atoms with Crippen molar-refractivity contribution >= 4 is 11.4 Å². The van der Waals surface area contributed by atoms with Crippen molar-refractivity contribution < 1.29 is 9.66 Å². The molecule has 0 spiro atoms. The number of non-ortho nitro benzene ring substituents is 1. The number of anilines is 1. The van der Waals surface area contributed by atoms with E-state index < -0.39 is 4.92 Å². The van der Waals surface area contributed by atoms with E-state index in [0.717, 1.165) is 19.3 Å². The molecule has 0 aliphatic rings. The Morgan fingerprint density at radius 2 is 2.19 bits per heavy atom. The molecule has 0 unspecified atom stereocenters.